The monoisotopic (exact) mass is 281 g/mol. The highest BCUT2D eigenvalue weighted by Crippen LogP contribution is 2.38. The van der Waals surface area contributed by atoms with E-state index < -0.39 is 11.5 Å². The molecule has 0 radical (unpaired) electrons. The zero-order valence-corrected chi connectivity index (χ0v) is 12.1. The highest BCUT2D eigenvalue weighted by atomic mass is 35.5. The van der Waals surface area contributed by atoms with Crippen molar-refractivity contribution in [3.63, 3.8) is 0 Å². The molecule has 3 atom stereocenters. The normalized spacial score (nSPS) is 30.9. The summed E-state index contributed by atoms with van der Waals surface area (Å²) in [6.07, 6.45) is 2.23. The lowest BCUT2D eigenvalue weighted by molar-refractivity contribution is -0.144. The van der Waals surface area contributed by atoms with E-state index in [4.69, 9.17) is 11.6 Å². The Hall–Kier alpha value is -1.22. The van der Waals surface area contributed by atoms with Crippen molar-refractivity contribution in [2.75, 3.05) is 5.32 Å². The Morgan fingerprint density at radius 2 is 2.16 bits per heavy atom. The predicted molar refractivity (Wildman–Crippen MR) is 77.6 cm³/mol. The Morgan fingerprint density at radius 3 is 2.74 bits per heavy atom. The largest absolute Gasteiger partial charge is 0.480 e. The van der Waals surface area contributed by atoms with Crippen LogP contribution in [0.5, 0.6) is 0 Å². The van der Waals surface area contributed by atoms with Crippen molar-refractivity contribution in [1.82, 2.24) is 0 Å². The van der Waals surface area contributed by atoms with E-state index in [2.05, 4.69) is 19.2 Å². The van der Waals surface area contributed by atoms with E-state index in [0.717, 1.165) is 12.1 Å². The molecule has 2 N–H and O–H groups in total. The van der Waals surface area contributed by atoms with Crippen molar-refractivity contribution in [3.05, 3.63) is 29.3 Å². The molecule has 2 rings (SSSR count). The number of anilines is 1. The minimum atomic E-state index is -0.864. The van der Waals surface area contributed by atoms with Crippen LogP contribution < -0.4 is 5.32 Å². The Morgan fingerprint density at radius 1 is 1.42 bits per heavy atom. The van der Waals surface area contributed by atoms with Gasteiger partial charge < -0.3 is 10.4 Å². The lowest BCUT2D eigenvalue weighted by Gasteiger charge is -2.40. The van der Waals surface area contributed by atoms with Gasteiger partial charge in [0.1, 0.15) is 5.54 Å². The summed E-state index contributed by atoms with van der Waals surface area (Å²) in [5.41, 5.74) is -0.0898. The van der Waals surface area contributed by atoms with E-state index in [1.807, 2.05) is 12.1 Å². The molecule has 1 aromatic carbocycles. The molecule has 1 aliphatic carbocycles. The molecule has 3 nitrogen and oxygen atoms in total. The van der Waals surface area contributed by atoms with Crippen molar-refractivity contribution < 1.29 is 9.90 Å². The third-order valence-electron chi connectivity index (χ3n) is 4.29. The van der Waals surface area contributed by atoms with Crippen LogP contribution in [-0.2, 0) is 4.79 Å². The fourth-order valence-electron chi connectivity index (χ4n) is 2.82. The fraction of sp³-hybridized carbons (Fsp3) is 0.533. The summed E-state index contributed by atoms with van der Waals surface area (Å²) in [6, 6.07) is 7.25. The van der Waals surface area contributed by atoms with Gasteiger partial charge in [-0.15, -0.1) is 0 Å². The zero-order chi connectivity index (χ0) is 14.0. The molecule has 1 aliphatic rings. The average Bonchev–Trinajstić information content (AvgIpc) is 2.34. The molecule has 1 aromatic rings. The van der Waals surface area contributed by atoms with E-state index in [1.54, 1.807) is 12.1 Å². The standard InChI is InChI=1S/C15H20ClNO2/c1-10-6-7-15(14(18)19,9-11(10)2)17-13-5-3-4-12(16)8-13/h3-5,8,10-11,17H,6-7,9H2,1-2H3,(H,18,19). The minimum absolute atomic E-state index is 0.400. The molecule has 4 heteroatoms. The van der Waals surface area contributed by atoms with Crippen LogP contribution >= 0.6 is 11.6 Å². The quantitative estimate of drug-likeness (QED) is 0.879. The molecule has 104 valence electrons. The Bertz CT molecular complexity index is 477. The number of rotatable bonds is 3. The predicted octanol–water partition coefficient (Wildman–Crippen LogP) is 4.03. The third-order valence-corrected chi connectivity index (χ3v) is 4.52. The summed E-state index contributed by atoms with van der Waals surface area (Å²) in [5.74, 6) is 0.205. The van der Waals surface area contributed by atoms with Crippen LogP contribution in [0.1, 0.15) is 33.1 Å². The van der Waals surface area contributed by atoms with Crippen molar-refractivity contribution in [1.29, 1.82) is 0 Å². The van der Waals surface area contributed by atoms with Gasteiger partial charge in [0, 0.05) is 10.7 Å². The summed E-state index contributed by atoms with van der Waals surface area (Å²) in [4.78, 5) is 11.7. The lowest BCUT2D eigenvalue weighted by atomic mass is 9.71. The summed E-state index contributed by atoms with van der Waals surface area (Å²) >= 11 is 5.95. The number of carboxylic acids is 1. The molecule has 1 saturated carbocycles. The van der Waals surface area contributed by atoms with E-state index >= 15 is 0 Å². The zero-order valence-electron chi connectivity index (χ0n) is 11.3. The van der Waals surface area contributed by atoms with E-state index in [0.29, 0.717) is 29.7 Å². The Labute approximate surface area is 119 Å². The maximum atomic E-state index is 11.7. The topological polar surface area (TPSA) is 49.3 Å². The van der Waals surface area contributed by atoms with Crippen LogP contribution in [0, 0.1) is 11.8 Å². The van der Waals surface area contributed by atoms with Crippen molar-refractivity contribution in [2.24, 2.45) is 11.8 Å². The molecule has 1 fully saturated rings. The second kappa shape index (κ2) is 5.41. The molecule has 0 saturated heterocycles. The van der Waals surface area contributed by atoms with Crippen LogP contribution in [0.2, 0.25) is 5.02 Å². The first kappa shape index (κ1) is 14.2. The molecular formula is C15H20ClNO2. The van der Waals surface area contributed by atoms with Gasteiger partial charge >= 0.3 is 5.97 Å². The third kappa shape index (κ3) is 3.03. The number of carbonyl (C=O) groups is 1. The number of halogens is 1. The van der Waals surface area contributed by atoms with Crippen LogP contribution in [0.25, 0.3) is 0 Å². The highest BCUT2D eigenvalue weighted by molar-refractivity contribution is 6.30. The molecule has 0 aromatic heterocycles. The molecule has 0 heterocycles. The van der Waals surface area contributed by atoms with Gasteiger partial charge in [-0.25, -0.2) is 4.79 Å². The average molecular weight is 282 g/mol. The second-order valence-electron chi connectivity index (χ2n) is 5.72. The molecule has 0 bridgehead atoms. The first-order valence-corrected chi connectivity index (χ1v) is 7.08. The smallest absolute Gasteiger partial charge is 0.329 e. The number of carboxylic acid groups (broad SMARTS) is 1. The van der Waals surface area contributed by atoms with Crippen LogP contribution in [0.15, 0.2) is 24.3 Å². The fourth-order valence-corrected chi connectivity index (χ4v) is 3.01. The molecule has 0 spiro atoms. The van der Waals surface area contributed by atoms with Crippen molar-refractivity contribution in [3.8, 4) is 0 Å². The Balaban J connectivity index is 2.23. The summed E-state index contributed by atoms with van der Waals surface area (Å²) in [6.45, 7) is 4.32. The Kier molecular flexibility index (Phi) is 4.04. The van der Waals surface area contributed by atoms with Gasteiger partial charge in [-0.05, 0) is 49.3 Å². The van der Waals surface area contributed by atoms with Gasteiger partial charge in [-0.1, -0.05) is 31.5 Å². The van der Waals surface area contributed by atoms with Gasteiger partial charge in [0.15, 0.2) is 0 Å². The van der Waals surface area contributed by atoms with E-state index in [9.17, 15) is 9.90 Å². The molecule has 0 aliphatic heterocycles. The summed E-state index contributed by atoms with van der Waals surface area (Å²) in [7, 11) is 0. The van der Waals surface area contributed by atoms with Crippen LogP contribution in [0.3, 0.4) is 0 Å². The summed E-state index contributed by atoms with van der Waals surface area (Å²) in [5, 5.41) is 13.4. The first-order chi connectivity index (χ1) is 8.93. The number of hydrogen-bond acceptors (Lipinski definition) is 2. The number of benzene rings is 1. The van der Waals surface area contributed by atoms with Gasteiger partial charge in [0.25, 0.3) is 0 Å². The summed E-state index contributed by atoms with van der Waals surface area (Å²) < 4.78 is 0. The van der Waals surface area contributed by atoms with Crippen molar-refractivity contribution >= 4 is 23.3 Å². The molecule has 3 unspecified atom stereocenters. The number of hydrogen-bond donors (Lipinski definition) is 2. The number of aliphatic carboxylic acids is 1. The molecular weight excluding hydrogens is 262 g/mol. The maximum absolute atomic E-state index is 11.7. The molecule has 0 amide bonds. The van der Waals surface area contributed by atoms with Crippen LogP contribution in [0.4, 0.5) is 5.69 Å². The maximum Gasteiger partial charge on any atom is 0.329 e. The van der Waals surface area contributed by atoms with Gasteiger partial charge in [-0.3, -0.25) is 0 Å². The van der Waals surface area contributed by atoms with Gasteiger partial charge in [0.2, 0.25) is 0 Å². The van der Waals surface area contributed by atoms with Crippen molar-refractivity contribution in [2.45, 2.75) is 38.6 Å². The molecule has 19 heavy (non-hydrogen) atoms. The van der Waals surface area contributed by atoms with E-state index in [-0.39, 0.29) is 0 Å². The lowest BCUT2D eigenvalue weighted by Crippen LogP contribution is -2.51. The highest BCUT2D eigenvalue weighted by Gasteiger charge is 2.44. The SMILES string of the molecule is CC1CCC(Nc2cccc(Cl)c2)(C(=O)O)CC1C. The van der Waals surface area contributed by atoms with E-state index in [1.165, 1.54) is 0 Å². The minimum Gasteiger partial charge on any atom is -0.480 e. The van der Waals surface area contributed by atoms with Gasteiger partial charge in [-0.2, -0.15) is 0 Å². The van der Waals surface area contributed by atoms with Crippen LogP contribution in [-0.4, -0.2) is 16.6 Å². The number of nitrogens with one attached hydrogen (secondary N) is 1. The van der Waals surface area contributed by atoms with Gasteiger partial charge in [0.05, 0.1) is 0 Å². The first-order valence-electron chi connectivity index (χ1n) is 6.70. The second-order valence-corrected chi connectivity index (χ2v) is 6.16.